The summed E-state index contributed by atoms with van der Waals surface area (Å²) in [5.41, 5.74) is 5.46. The second-order valence-corrected chi connectivity index (χ2v) is 7.91. The van der Waals surface area contributed by atoms with Crippen LogP contribution >= 0.6 is 0 Å². The van der Waals surface area contributed by atoms with Crippen molar-refractivity contribution in [3.63, 3.8) is 0 Å². The molecule has 2 aromatic heterocycles. The Kier molecular flexibility index (Phi) is 8.80. The molecule has 0 aromatic carbocycles. The van der Waals surface area contributed by atoms with E-state index in [1.807, 2.05) is 0 Å². The van der Waals surface area contributed by atoms with Gasteiger partial charge in [-0.05, 0) is 38.8 Å². The molecule has 26 heavy (non-hydrogen) atoms. The van der Waals surface area contributed by atoms with E-state index < -0.39 is 0 Å². The van der Waals surface area contributed by atoms with Crippen LogP contribution < -0.4 is 9.13 Å². The molecule has 2 heteroatoms. The molecule has 0 saturated heterocycles. The van der Waals surface area contributed by atoms with Gasteiger partial charge in [0.05, 0.1) is 0 Å². The van der Waals surface area contributed by atoms with Gasteiger partial charge in [-0.3, -0.25) is 0 Å². The third kappa shape index (κ3) is 7.27. The smallest absolute Gasteiger partial charge is 0.178 e. The Morgan fingerprint density at radius 3 is 1.23 bits per heavy atom. The zero-order valence-electron chi connectivity index (χ0n) is 17.4. The topological polar surface area (TPSA) is 7.76 Å². The molecule has 0 saturated carbocycles. The molecule has 0 amide bonds. The van der Waals surface area contributed by atoms with E-state index in [4.69, 9.17) is 0 Å². The molecule has 0 aliphatic heterocycles. The number of unbranched alkanes of at least 4 members (excludes halogenated alkanes) is 7. The Balaban J connectivity index is 1.48. The minimum atomic E-state index is 1.17. The first-order chi connectivity index (χ1) is 12.6. The summed E-state index contributed by atoms with van der Waals surface area (Å²) in [4.78, 5) is 0. The third-order valence-corrected chi connectivity index (χ3v) is 5.35. The van der Waals surface area contributed by atoms with Gasteiger partial charge in [0.25, 0.3) is 0 Å². The molecule has 2 rings (SSSR count). The highest BCUT2D eigenvalue weighted by Gasteiger charge is 2.06. The summed E-state index contributed by atoms with van der Waals surface area (Å²) in [7, 11) is 0. The lowest BCUT2D eigenvalue weighted by molar-refractivity contribution is -0.703. The lowest BCUT2D eigenvalue weighted by atomic mass is 10.1. The van der Waals surface area contributed by atoms with Gasteiger partial charge < -0.3 is 0 Å². The highest BCUT2D eigenvalue weighted by atomic mass is 15.0. The quantitative estimate of drug-likeness (QED) is 0.381. The average molecular weight is 355 g/mol. The van der Waals surface area contributed by atoms with Gasteiger partial charge in [0, 0.05) is 49.9 Å². The van der Waals surface area contributed by atoms with E-state index in [0.717, 1.165) is 0 Å². The Hall–Kier alpha value is -1.70. The average Bonchev–Trinajstić information content (AvgIpc) is 2.62. The first kappa shape index (κ1) is 20.6. The summed E-state index contributed by atoms with van der Waals surface area (Å²) in [5.74, 6) is 0. The van der Waals surface area contributed by atoms with Crippen LogP contribution in [0.5, 0.6) is 0 Å². The van der Waals surface area contributed by atoms with Gasteiger partial charge >= 0.3 is 0 Å². The van der Waals surface area contributed by atoms with Crippen molar-refractivity contribution in [3.05, 3.63) is 59.2 Å². The minimum Gasteiger partial charge on any atom is -0.202 e. The molecule has 0 atom stereocenters. The van der Waals surface area contributed by atoms with Crippen molar-refractivity contribution in [1.29, 1.82) is 0 Å². The molecule has 0 unspecified atom stereocenters. The van der Waals surface area contributed by atoms with Gasteiger partial charge in [-0.15, -0.1) is 0 Å². The van der Waals surface area contributed by atoms with Gasteiger partial charge in [-0.2, -0.15) is 0 Å². The third-order valence-electron chi connectivity index (χ3n) is 5.35. The number of pyridine rings is 2. The van der Waals surface area contributed by atoms with E-state index in [1.165, 1.54) is 87.0 Å². The van der Waals surface area contributed by atoms with Crippen LogP contribution in [0, 0.1) is 27.7 Å². The summed E-state index contributed by atoms with van der Waals surface area (Å²) in [5, 5.41) is 0. The Labute approximate surface area is 160 Å². The predicted octanol–water partition coefficient (Wildman–Crippen LogP) is 5.32. The highest BCUT2D eigenvalue weighted by Crippen LogP contribution is 2.09. The number of aryl methyl sites for hydroxylation is 6. The maximum Gasteiger partial charge on any atom is 0.178 e. The first-order valence-electron chi connectivity index (χ1n) is 10.5. The monoisotopic (exact) mass is 354 g/mol. The molecule has 0 fully saturated rings. The summed E-state index contributed by atoms with van der Waals surface area (Å²) >= 11 is 0. The standard InChI is InChI=1S/C24H38N2/c1-21-13-15-23(3)25(19-21)17-11-9-7-5-6-8-10-12-18-26-20-22(2)14-16-24(26)4/h13-16,19-20H,5-12,17-18H2,1-4H3/q+2. The van der Waals surface area contributed by atoms with Crippen molar-refractivity contribution in [2.45, 2.75) is 92.2 Å². The minimum absolute atomic E-state index is 1.17. The van der Waals surface area contributed by atoms with Crippen LogP contribution in [0.25, 0.3) is 0 Å². The van der Waals surface area contributed by atoms with E-state index in [1.54, 1.807) is 0 Å². The fourth-order valence-electron chi connectivity index (χ4n) is 3.58. The molecule has 0 aliphatic rings. The Morgan fingerprint density at radius 2 is 0.846 bits per heavy atom. The number of aromatic nitrogens is 2. The molecule has 2 heterocycles. The van der Waals surface area contributed by atoms with E-state index in [-0.39, 0.29) is 0 Å². The number of hydrogen-bond donors (Lipinski definition) is 0. The fraction of sp³-hybridized carbons (Fsp3) is 0.583. The van der Waals surface area contributed by atoms with Crippen molar-refractivity contribution in [3.8, 4) is 0 Å². The molecular formula is C24H38N2+2. The largest absolute Gasteiger partial charge is 0.202 e. The second kappa shape index (κ2) is 11.1. The maximum atomic E-state index is 2.40. The molecule has 2 aromatic rings. The van der Waals surface area contributed by atoms with Gasteiger partial charge in [0.1, 0.15) is 13.1 Å². The second-order valence-electron chi connectivity index (χ2n) is 7.91. The van der Waals surface area contributed by atoms with Gasteiger partial charge in [-0.1, -0.05) is 25.7 Å². The predicted molar refractivity (Wildman–Crippen MR) is 109 cm³/mol. The zero-order chi connectivity index (χ0) is 18.8. The van der Waals surface area contributed by atoms with Crippen molar-refractivity contribution >= 4 is 0 Å². The lowest BCUT2D eigenvalue weighted by Crippen LogP contribution is -2.37. The first-order valence-corrected chi connectivity index (χ1v) is 10.5. The van der Waals surface area contributed by atoms with Crippen molar-refractivity contribution in [1.82, 2.24) is 0 Å². The summed E-state index contributed by atoms with van der Waals surface area (Å²) in [6.45, 7) is 11.1. The van der Waals surface area contributed by atoms with E-state index in [0.29, 0.717) is 0 Å². The molecular weight excluding hydrogens is 316 g/mol. The van der Waals surface area contributed by atoms with Crippen LogP contribution in [0.1, 0.15) is 73.9 Å². The Morgan fingerprint density at radius 1 is 0.500 bits per heavy atom. The van der Waals surface area contributed by atoms with Gasteiger partial charge in [0.15, 0.2) is 23.8 Å². The van der Waals surface area contributed by atoms with E-state index in [2.05, 4.69) is 73.5 Å². The van der Waals surface area contributed by atoms with Crippen LogP contribution in [-0.2, 0) is 13.1 Å². The van der Waals surface area contributed by atoms with Crippen molar-refractivity contribution in [2.24, 2.45) is 0 Å². The number of hydrogen-bond acceptors (Lipinski definition) is 0. The van der Waals surface area contributed by atoms with Crippen molar-refractivity contribution < 1.29 is 9.13 Å². The van der Waals surface area contributed by atoms with Crippen LogP contribution in [0.3, 0.4) is 0 Å². The number of nitrogens with zero attached hydrogens (tertiary/aromatic N) is 2. The van der Waals surface area contributed by atoms with Gasteiger partial charge in [0.2, 0.25) is 0 Å². The van der Waals surface area contributed by atoms with Gasteiger partial charge in [-0.25, -0.2) is 9.13 Å². The lowest BCUT2D eigenvalue weighted by Gasteiger charge is -2.04. The summed E-state index contributed by atoms with van der Waals surface area (Å²) < 4.78 is 4.81. The zero-order valence-corrected chi connectivity index (χ0v) is 17.4. The molecule has 142 valence electrons. The van der Waals surface area contributed by atoms with Crippen LogP contribution in [0.2, 0.25) is 0 Å². The Bertz CT molecular complexity index is 616. The van der Waals surface area contributed by atoms with Crippen LogP contribution in [0.4, 0.5) is 0 Å². The normalized spacial score (nSPS) is 11.1. The maximum absolute atomic E-state index is 2.40. The molecule has 0 N–H and O–H groups in total. The van der Waals surface area contributed by atoms with Crippen molar-refractivity contribution in [2.75, 3.05) is 0 Å². The summed E-state index contributed by atoms with van der Waals surface area (Å²) in [6.07, 6.45) is 15.5. The molecule has 0 radical (unpaired) electrons. The highest BCUT2D eigenvalue weighted by molar-refractivity contribution is 5.06. The summed E-state index contributed by atoms with van der Waals surface area (Å²) in [6, 6.07) is 8.85. The molecule has 0 aliphatic carbocycles. The van der Waals surface area contributed by atoms with E-state index in [9.17, 15) is 0 Å². The van der Waals surface area contributed by atoms with Crippen LogP contribution in [0.15, 0.2) is 36.7 Å². The molecule has 2 nitrogen and oxygen atoms in total. The molecule has 0 bridgehead atoms. The number of rotatable bonds is 11. The van der Waals surface area contributed by atoms with E-state index >= 15 is 0 Å². The molecule has 0 spiro atoms. The van der Waals surface area contributed by atoms with Crippen LogP contribution in [-0.4, -0.2) is 0 Å². The SMILES string of the molecule is Cc1ccc(C)[n+](CCCCCCCCCC[n+]2cc(C)ccc2C)c1. The fourth-order valence-corrected chi connectivity index (χ4v) is 3.58.